The predicted molar refractivity (Wildman–Crippen MR) is 231 cm³/mol. The fraction of sp³-hybridized carbons (Fsp3) is 0.192. The van der Waals surface area contributed by atoms with Crippen LogP contribution in [0, 0.1) is 0 Å². The minimum Gasteiger partial charge on any atom is -0.422 e. The molecule has 0 fully saturated rings. The van der Waals surface area contributed by atoms with Gasteiger partial charge < -0.3 is 9.47 Å². The van der Waals surface area contributed by atoms with Crippen molar-refractivity contribution in [2.24, 2.45) is 0 Å². The van der Waals surface area contributed by atoms with E-state index >= 15 is 0 Å². The summed E-state index contributed by atoms with van der Waals surface area (Å²) in [7, 11) is 0. The Morgan fingerprint density at radius 3 is 1.14 bits per heavy atom. The van der Waals surface area contributed by atoms with Gasteiger partial charge >= 0.3 is 11.9 Å². The van der Waals surface area contributed by atoms with Crippen LogP contribution in [0.3, 0.4) is 0 Å². The first-order valence-electron chi connectivity index (χ1n) is 20.0. The second-order valence-electron chi connectivity index (χ2n) is 14.7. The molecule has 56 heavy (non-hydrogen) atoms. The molecule has 0 saturated heterocycles. The number of carbonyl (C=O) groups is 2. The highest BCUT2D eigenvalue weighted by Gasteiger charge is 2.25. The van der Waals surface area contributed by atoms with E-state index in [4.69, 9.17) is 9.47 Å². The number of unbranched alkanes of at least 4 members (excludes halogenated alkanes) is 4. The Hall–Kier alpha value is -6.26. The minimum atomic E-state index is -0.394. The molecule has 0 aliphatic rings. The van der Waals surface area contributed by atoms with Gasteiger partial charge in [0.1, 0.15) is 11.5 Å². The van der Waals surface area contributed by atoms with Crippen molar-refractivity contribution in [3.63, 3.8) is 0 Å². The summed E-state index contributed by atoms with van der Waals surface area (Å²) in [6.45, 7) is 4.46. The molecule has 0 N–H and O–H groups in total. The monoisotopic (exact) mass is 734 g/mol. The quantitative estimate of drug-likeness (QED) is 0.0512. The van der Waals surface area contributed by atoms with E-state index in [0.717, 1.165) is 106 Å². The molecule has 0 radical (unpaired) electrons. The Bertz CT molecular complexity index is 2510. The number of aryl methyl sites for hydroxylation is 2. The molecule has 4 heteroatoms. The fourth-order valence-electron chi connectivity index (χ4n) is 8.05. The molecule has 0 aliphatic carbocycles. The highest BCUT2D eigenvalue weighted by Crippen LogP contribution is 2.50. The molecule has 278 valence electrons. The van der Waals surface area contributed by atoms with Crippen LogP contribution >= 0.6 is 0 Å². The van der Waals surface area contributed by atoms with E-state index in [1.165, 1.54) is 11.1 Å². The SMILES string of the molecule is CCCCCc1ccc2c(OC(=O)c3ccccc3)c3ccccc3c(-c3c4ccccc4c(OC(=O)c4ccccc4)c4ccc(CCCCC)cc34)c2c1. The molecule has 0 aromatic heterocycles. The molecule has 0 unspecified atom stereocenters. The summed E-state index contributed by atoms with van der Waals surface area (Å²) in [4.78, 5) is 27.5. The summed E-state index contributed by atoms with van der Waals surface area (Å²) in [6, 6.07) is 48.1. The van der Waals surface area contributed by atoms with Gasteiger partial charge in [0.05, 0.1) is 11.1 Å². The van der Waals surface area contributed by atoms with Crippen molar-refractivity contribution in [2.75, 3.05) is 0 Å². The van der Waals surface area contributed by atoms with Crippen LogP contribution in [0.1, 0.15) is 84.2 Å². The maximum absolute atomic E-state index is 13.8. The van der Waals surface area contributed by atoms with Gasteiger partial charge in [-0.25, -0.2) is 9.59 Å². The first-order chi connectivity index (χ1) is 27.6. The normalized spacial score (nSPS) is 11.4. The third kappa shape index (κ3) is 7.27. The zero-order valence-corrected chi connectivity index (χ0v) is 32.1. The van der Waals surface area contributed by atoms with Gasteiger partial charge in [-0.3, -0.25) is 0 Å². The number of rotatable bonds is 13. The summed E-state index contributed by atoms with van der Waals surface area (Å²) in [6.07, 6.45) is 8.68. The molecule has 0 saturated carbocycles. The Morgan fingerprint density at radius 2 is 0.750 bits per heavy atom. The molecular weight excluding hydrogens is 689 g/mol. The Labute approximate surface area is 328 Å². The molecule has 0 atom stereocenters. The van der Waals surface area contributed by atoms with Gasteiger partial charge in [0.15, 0.2) is 0 Å². The molecule has 0 spiro atoms. The Balaban J connectivity index is 1.45. The first-order valence-corrected chi connectivity index (χ1v) is 20.0. The summed E-state index contributed by atoms with van der Waals surface area (Å²) in [5, 5.41) is 7.46. The highest BCUT2D eigenvalue weighted by atomic mass is 16.5. The Kier molecular flexibility index (Phi) is 10.9. The van der Waals surface area contributed by atoms with Gasteiger partial charge in [-0.1, -0.05) is 161 Å². The van der Waals surface area contributed by atoms with Crippen molar-refractivity contribution in [3.8, 4) is 22.6 Å². The molecule has 8 aromatic carbocycles. The largest absolute Gasteiger partial charge is 0.422 e. The van der Waals surface area contributed by atoms with Crippen molar-refractivity contribution in [2.45, 2.75) is 65.2 Å². The lowest BCUT2D eigenvalue weighted by molar-refractivity contribution is 0.0730. The van der Waals surface area contributed by atoms with Crippen molar-refractivity contribution in [3.05, 3.63) is 168 Å². The second kappa shape index (κ2) is 16.6. The maximum atomic E-state index is 13.8. The number of esters is 2. The smallest absolute Gasteiger partial charge is 0.343 e. The van der Waals surface area contributed by atoms with Crippen molar-refractivity contribution >= 4 is 55.0 Å². The molecule has 8 aromatic rings. The number of hydrogen-bond acceptors (Lipinski definition) is 4. The number of benzene rings is 8. The highest BCUT2D eigenvalue weighted by molar-refractivity contribution is 6.27. The standard InChI is InChI=1S/C52H46O4/c1-3-5-9-19-35-29-31-43-45(33-35)47(39-25-15-17-27-41(39)49(43)55-51(53)37-21-11-7-12-22-37)48-40-26-16-18-28-42(40)50(56-52(54)38-23-13-8-14-24-38)44-32-30-36(34-46(44)48)20-10-6-4-2/h7-8,11-18,21-34H,3-6,9-10,19-20H2,1-2H3. The van der Waals surface area contributed by atoms with E-state index in [1.807, 2.05) is 48.5 Å². The summed E-state index contributed by atoms with van der Waals surface area (Å²) < 4.78 is 12.8. The van der Waals surface area contributed by atoms with Crippen LogP contribution in [0.2, 0.25) is 0 Å². The summed E-state index contributed by atoms with van der Waals surface area (Å²) >= 11 is 0. The third-order valence-electron chi connectivity index (χ3n) is 10.9. The molecule has 0 aliphatic heterocycles. The van der Waals surface area contributed by atoms with E-state index in [1.54, 1.807) is 24.3 Å². The van der Waals surface area contributed by atoms with Crippen molar-refractivity contribution in [1.82, 2.24) is 0 Å². The van der Waals surface area contributed by atoms with E-state index in [0.29, 0.717) is 22.6 Å². The fourth-order valence-corrected chi connectivity index (χ4v) is 8.05. The lowest BCUT2D eigenvalue weighted by Gasteiger charge is -2.22. The maximum Gasteiger partial charge on any atom is 0.343 e. The molecular formula is C52H46O4. The Morgan fingerprint density at radius 1 is 0.393 bits per heavy atom. The lowest BCUT2D eigenvalue weighted by Crippen LogP contribution is -2.10. The molecule has 0 amide bonds. The third-order valence-corrected chi connectivity index (χ3v) is 10.9. The van der Waals surface area contributed by atoms with Crippen LogP contribution in [0.25, 0.3) is 54.2 Å². The van der Waals surface area contributed by atoms with Crippen LogP contribution in [0.15, 0.2) is 146 Å². The van der Waals surface area contributed by atoms with Crippen molar-refractivity contribution in [1.29, 1.82) is 0 Å². The average molecular weight is 735 g/mol. The van der Waals surface area contributed by atoms with Crippen LogP contribution in [0.5, 0.6) is 11.5 Å². The molecule has 4 nitrogen and oxygen atoms in total. The van der Waals surface area contributed by atoms with Gasteiger partial charge in [0.25, 0.3) is 0 Å². The predicted octanol–water partition coefficient (Wildman–Crippen LogP) is 13.9. The minimum absolute atomic E-state index is 0.394. The van der Waals surface area contributed by atoms with Crippen LogP contribution in [0.4, 0.5) is 0 Å². The van der Waals surface area contributed by atoms with Crippen LogP contribution < -0.4 is 9.47 Å². The van der Waals surface area contributed by atoms with Crippen LogP contribution in [-0.4, -0.2) is 11.9 Å². The van der Waals surface area contributed by atoms with E-state index in [-0.39, 0.29) is 0 Å². The number of ether oxygens (including phenoxy) is 2. The molecule has 0 bridgehead atoms. The first kappa shape index (κ1) is 36.7. The van der Waals surface area contributed by atoms with Gasteiger partial charge in [-0.15, -0.1) is 0 Å². The average Bonchev–Trinajstić information content (AvgIpc) is 3.24. The van der Waals surface area contributed by atoms with Gasteiger partial charge in [0, 0.05) is 21.5 Å². The van der Waals surface area contributed by atoms with E-state index in [2.05, 4.69) is 86.6 Å². The summed E-state index contributed by atoms with van der Waals surface area (Å²) in [5.41, 5.74) is 5.62. The lowest BCUT2D eigenvalue weighted by atomic mass is 9.84. The topological polar surface area (TPSA) is 52.6 Å². The van der Waals surface area contributed by atoms with Gasteiger partial charge in [0.2, 0.25) is 0 Å². The van der Waals surface area contributed by atoms with E-state index in [9.17, 15) is 9.59 Å². The van der Waals surface area contributed by atoms with Gasteiger partial charge in [-0.05, 0) is 93.7 Å². The molecule has 8 rings (SSSR count). The van der Waals surface area contributed by atoms with Gasteiger partial charge in [-0.2, -0.15) is 0 Å². The number of hydrogen-bond donors (Lipinski definition) is 0. The zero-order valence-electron chi connectivity index (χ0n) is 32.1. The number of fused-ring (bicyclic) bond motifs is 4. The zero-order chi connectivity index (χ0) is 38.4. The summed E-state index contributed by atoms with van der Waals surface area (Å²) in [5.74, 6) is 0.314. The number of carbonyl (C=O) groups excluding carboxylic acids is 2. The van der Waals surface area contributed by atoms with E-state index < -0.39 is 11.9 Å². The van der Waals surface area contributed by atoms with Crippen LogP contribution in [-0.2, 0) is 12.8 Å². The van der Waals surface area contributed by atoms with Crippen molar-refractivity contribution < 1.29 is 19.1 Å². The second-order valence-corrected chi connectivity index (χ2v) is 14.7. The molecule has 0 heterocycles.